The fourth-order valence-corrected chi connectivity index (χ4v) is 2.93. The summed E-state index contributed by atoms with van der Waals surface area (Å²) in [7, 11) is 0. The molecule has 0 aliphatic carbocycles. The lowest BCUT2D eigenvalue weighted by Gasteiger charge is -2.18. The molecule has 0 saturated heterocycles. The van der Waals surface area contributed by atoms with Crippen molar-refractivity contribution in [2.45, 2.75) is 103 Å². The van der Waals surface area contributed by atoms with Gasteiger partial charge in [0.2, 0.25) is 0 Å². The zero-order chi connectivity index (χ0) is 16.5. The molecule has 0 aromatic carbocycles. The van der Waals surface area contributed by atoms with E-state index >= 15 is 0 Å². The summed E-state index contributed by atoms with van der Waals surface area (Å²) in [5.41, 5.74) is 5.89. The van der Waals surface area contributed by atoms with Crippen molar-refractivity contribution >= 4 is 0 Å². The number of aliphatic hydroxyl groups excluding tert-OH is 1. The van der Waals surface area contributed by atoms with Gasteiger partial charge >= 0.3 is 0 Å². The highest BCUT2D eigenvalue weighted by molar-refractivity contribution is 4.86. The topological polar surface area (TPSA) is 46.2 Å². The molecule has 0 bridgehead atoms. The van der Waals surface area contributed by atoms with Crippen LogP contribution in [0, 0.1) is 5.92 Å². The van der Waals surface area contributed by atoms with Crippen molar-refractivity contribution in [3.05, 3.63) is 12.2 Å². The molecule has 0 radical (unpaired) electrons. The molecule has 2 nitrogen and oxygen atoms in total. The first-order chi connectivity index (χ1) is 10.8. The van der Waals surface area contributed by atoms with Gasteiger partial charge in [-0.2, -0.15) is 0 Å². The molecule has 2 heteroatoms. The summed E-state index contributed by atoms with van der Waals surface area (Å²) < 4.78 is 0. The lowest BCUT2D eigenvalue weighted by atomic mass is 9.94. The molecular formula is C20H41NO. The van der Waals surface area contributed by atoms with E-state index < -0.39 is 0 Å². The third-order valence-corrected chi connectivity index (χ3v) is 4.67. The first-order valence-corrected chi connectivity index (χ1v) is 9.77. The van der Waals surface area contributed by atoms with Gasteiger partial charge in [-0.1, -0.05) is 90.2 Å². The van der Waals surface area contributed by atoms with E-state index in [0.29, 0.717) is 5.92 Å². The number of aliphatic hydroxyl groups is 1. The molecule has 0 saturated carbocycles. The third kappa shape index (κ3) is 13.3. The molecule has 0 aliphatic rings. The minimum absolute atomic E-state index is 0.0630. The Balaban J connectivity index is 3.33. The molecule has 0 aromatic rings. The summed E-state index contributed by atoms with van der Waals surface area (Å²) in [5, 5.41) is 9.09. The SMILES string of the molecule is CCCCCCCCCCCC/C=C/CC(CC)[C@@H](N)CO. The Morgan fingerprint density at radius 1 is 0.818 bits per heavy atom. The van der Waals surface area contributed by atoms with Gasteiger partial charge in [-0.25, -0.2) is 0 Å². The average molecular weight is 312 g/mol. The molecule has 3 N–H and O–H groups in total. The Labute approximate surface area is 139 Å². The summed E-state index contributed by atoms with van der Waals surface area (Å²) in [6, 6.07) is -0.0630. The lowest BCUT2D eigenvalue weighted by Crippen LogP contribution is -2.32. The zero-order valence-electron chi connectivity index (χ0n) is 15.2. The first kappa shape index (κ1) is 21.7. The molecule has 0 amide bonds. The van der Waals surface area contributed by atoms with E-state index in [1.807, 2.05) is 0 Å². The number of allylic oxidation sites excluding steroid dienone is 2. The number of unbranched alkanes of at least 4 members (excludes halogenated alkanes) is 10. The predicted molar refractivity (Wildman–Crippen MR) is 99.1 cm³/mol. The van der Waals surface area contributed by atoms with Gasteiger partial charge in [0.1, 0.15) is 0 Å². The standard InChI is InChI=1S/C20H41NO/c1-3-5-6-7-8-9-10-11-12-13-14-15-16-17-19(4-2)20(21)18-22/h15-16,19-20,22H,3-14,17-18,21H2,1-2H3/b16-15+/t19?,20-/m0/s1. The van der Waals surface area contributed by atoms with E-state index in [9.17, 15) is 0 Å². The van der Waals surface area contributed by atoms with Gasteiger partial charge in [0.15, 0.2) is 0 Å². The lowest BCUT2D eigenvalue weighted by molar-refractivity contribution is 0.223. The van der Waals surface area contributed by atoms with Crippen LogP contribution in [0.25, 0.3) is 0 Å². The first-order valence-electron chi connectivity index (χ1n) is 9.77. The highest BCUT2D eigenvalue weighted by atomic mass is 16.3. The molecule has 0 heterocycles. The van der Waals surface area contributed by atoms with Crippen molar-refractivity contribution < 1.29 is 5.11 Å². The van der Waals surface area contributed by atoms with E-state index in [0.717, 1.165) is 12.8 Å². The van der Waals surface area contributed by atoms with Crippen LogP contribution >= 0.6 is 0 Å². The number of nitrogens with two attached hydrogens (primary N) is 1. The summed E-state index contributed by atoms with van der Waals surface area (Å²) >= 11 is 0. The molecule has 22 heavy (non-hydrogen) atoms. The van der Waals surface area contributed by atoms with Gasteiger partial charge in [0.05, 0.1) is 6.61 Å². The second-order valence-electron chi connectivity index (χ2n) is 6.69. The maximum absolute atomic E-state index is 9.09. The molecule has 0 fully saturated rings. The summed E-state index contributed by atoms with van der Waals surface area (Å²) in [4.78, 5) is 0. The minimum atomic E-state index is -0.0630. The molecule has 0 aliphatic heterocycles. The maximum Gasteiger partial charge on any atom is 0.0585 e. The van der Waals surface area contributed by atoms with E-state index in [1.165, 1.54) is 70.6 Å². The van der Waals surface area contributed by atoms with Crippen LogP contribution in [0.4, 0.5) is 0 Å². The molecule has 2 atom stereocenters. The van der Waals surface area contributed by atoms with Crippen LogP contribution in [-0.4, -0.2) is 17.8 Å². The Hall–Kier alpha value is -0.340. The molecule has 1 unspecified atom stereocenters. The van der Waals surface area contributed by atoms with Gasteiger partial charge in [-0.05, 0) is 25.2 Å². The number of hydrogen-bond acceptors (Lipinski definition) is 2. The fraction of sp³-hybridized carbons (Fsp3) is 0.900. The predicted octanol–water partition coefficient (Wildman–Crippen LogP) is 5.59. The molecule has 132 valence electrons. The molecule has 0 aromatic heterocycles. The van der Waals surface area contributed by atoms with E-state index in [-0.39, 0.29) is 12.6 Å². The van der Waals surface area contributed by atoms with E-state index in [4.69, 9.17) is 10.8 Å². The average Bonchev–Trinajstić information content (AvgIpc) is 2.54. The Bertz CT molecular complexity index is 240. The number of hydrogen-bond donors (Lipinski definition) is 2. The smallest absolute Gasteiger partial charge is 0.0585 e. The van der Waals surface area contributed by atoms with Gasteiger partial charge in [-0.15, -0.1) is 0 Å². The normalized spacial score (nSPS) is 14.5. The third-order valence-electron chi connectivity index (χ3n) is 4.67. The van der Waals surface area contributed by atoms with Crippen LogP contribution in [0.1, 0.15) is 97.3 Å². The van der Waals surface area contributed by atoms with Crippen molar-refractivity contribution in [2.24, 2.45) is 11.7 Å². The van der Waals surface area contributed by atoms with Crippen LogP contribution < -0.4 is 5.73 Å². The summed E-state index contributed by atoms with van der Waals surface area (Å²) in [5.74, 6) is 0.425. The van der Waals surface area contributed by atoms with Crippen LogP contribution in [0.3, 0.4) is 0 Å². The van der Waals surface area contributed by atoms with E-state index in [1.54, 1.807) is 0 Å². The van der Waals surface area contributed by atoms with Crippen LogP contribution in [0.2, 0.25) is 0 Å². The zero-order valence-corrected chi connectivity index (χ0v) is 15.2. The largest absolute Gasteiger partial charge is 0.395 e. The summed E-state index contributed by atoms with van der Waals surface area (Å²) in [6.07, 6.45) is 21.8. The molecular weight excluding hydrogens is 270 g/mol. The highest BCUT2D eigenvalue weighted by Crippen LogP contribution is 2.14. The van der Waals surface area contributed by atoms with Crippen LogP contribution in [0.15, 0.2) is 12.2 Å². The van der Waals surface area contributed by atoms with Crippen LogP contribution in [-0.2, 0) is 0 Å². The number of rotatable bonds is 16. The summed E-state index contributed by atoms with van der Waals surface area (Å²) in [6.45, 7) is 4.53. The van der Waals surface area contributed by atoms with Gasteiger partial charge in [0.25, 0.3) is 0 Å². The van der Waals surface area contributed by atoms with Crippen LogP contribution in [0.5, 0.6) is 0 Å². The highest BCUT2D eigenvalue weighted by Gasteiger charge is 2.12. The Kier molecular flexibility index (Phi) is 16.8. The van der Waals surface area contributed by atoms with Crippen molar-refractivity contribution in [3.8, 4) is 0 Å². The van der Waals surface area contributed by atoms with Crippen molar-refractivity contribution in [1.82, 2.24) is 0 Å². The van der Waals surface area contributed by atoms with E-state index in [2.05, 4.69) is 26.0 Å². The van der Waals surface area contributed by atoms with Crippen molar-refractivity contribution in [1.29, 1.82) is 0 Å². The molecule has 0 rings (SSSR count). The quantitative estimate of drug-likeness (QED) is 0.288. The van der Waals surface area contributed by atoms with Gasteiger partial charge < -0.3 is 10.8 Å². The monoisotopic (exact) mass is 311 g/mol. The van der Waals surface area contributed by atoms with Crippen molar-refractivity contribution in [3.63, 3.8) is 0 Å². The Morgan fingerprint density at radius 2 is 1.36 bits per heavy atom. The maximum atomic E-state index is 9.09. The Morgan fingerprint density at radius 3 is 1.86 bits per heavy atom. The fourth-order valence-electron chi connectivity index (χ4n) is 2.93. The minimum Gasteiger partial charge on any atom is -0.395 e. The van der Waals surface area contributed by atoms with Crippen molar-refractivity contribution in [2.75, 3.05) is 6.61 Å². The molecule has 0 spiro atoms. The van der Waals surface area contributed by atoms with Gasteiger partial charge in [0, 0.05) is 6.04 Å². The van der Waals surface area contributed by atoms with Gasteiger partial charge in [-0.3, -0.25) is 0 Å². The second kappa shape index (κ2) is 17.0. The second-order valence-corrected chi connectivity index (χ2v) is 6.69.